The number of anilines is 1. The average Bonchev–Trinajstić information content (AvgIpc) is 3.01. The van der Waals surface area contributed by atoms with Crippen molar-refractivity contribution in [2.24, 2.45) is 0 Å². The van der Waals surface area contributed by atoms with Gasteiger partial charge >= 0.3 is 0 Å². The Balaban J connectivity index is 1.57. The molecule has 0 aliphatic carbocycles. The molecule has 0 spiro atoms. The van der Waals surface area contributed by atoms with E-state index >= 15 is 0 Å². The molecule has 1 amide bonds. The molecule has 2 aromatic carbocycles. The van der Waals surface area contributed by atoms with E-state index in [-0.39, 0.29) is 16.5 Å². The molecule has 0 radical (unpaired) electrons. The van der Waals surface area contributed by atoms with Crippen molar-refractivity contribution in [3.63, 3.8) is 0 Å². The molecule has 1 aromatic heterocycles. The standard InChI is InChI=1S/C21H20ClFN4O2/c1-13(28)24-15-3-2-4-16(10-15)27-21(29)17-12-26(8-7-20(17)25-27)11-14-5-6-19(23)18(22)9-14/h2-6,9-10,25H,7-8,11-12H2,1H3,(H,24,28). The summed E-state index contributed by atoms with van der Waals surface area (Å²) >= 11 is 5.88. The van der Waals surface area contributed by atoms with Crippen LogP contribution in [0, 0.1) is 5.82 Å². The lowest BCUT2D eigenvalue weighted by atomic mass is 10.1. The van der Waals surface area contributed by atoms with Crippen molar-refractivity contribution in [2.45, 2.75) is 26.4 Å². The summed E-state index contributed by atoms with van der Waals surface area (Å²) in [6.45, 7) is 3.29. The normalized spacial score (nSPS) is 13.9. The first-order valence-electron chi connectivity index (χ1n) is 9.28. The zero-order valence-electron chi connectivity index (χ0n) is 15.8. The number of nitrogens with one attached hydrogen (secondary N) is 2. The summed E-state index contributed by atoms with van der Waals surface area (Å²) < 4.78 is 14.9. The van der Waals surface area contributed by atoms with Crippen LogP contribution in [0.25, 0.3) is 5.69 Å². The van der Waals surface area contributed by atoms with Crippen LogP contribution in [0.1, 0.15) is 23.7 Å². The van der Waals surface area contributed by atoms with Crippen molar-refractivity contribution in [1.82, 2.24) is 14.7 Å². The molecular formula is C21H20ClFN4O2. The van der Waals surface area contributed by atoms with Crippen LogP contribution in [-0.4, -0.2) is 27.1 Å². The van der Waals surface area contributed by atoms with Gasteiger partial charge in [0.1, 0.15) is 5.82 Å². The largest absolute Gasteiger partial charge is 0.326 e. The van der Waals surface area contributed by atoms with E-state index in [1.54, 1.807) is 30.3 Å². The van der Waals surface area contributed by atoms with Gasteiger partial charge in [0.25, 0.3) is 5.56 Å². The smallest absolute Gasteiger partial charge is 0.275 e. The predicted molar refractivity (Wildman–Crippen MR) is 110 cm³/mol. The zero-order chi connectivity index (χ0) is 20.5. The first-order chi connectivity index (χ1) is 13.9. The summed E-state index contributed by atoms with van der Waals surface area (Å²) in [4.78, 5) is 26.4. The lowest BCUT2D eigenvalue weighted by molar-refractivity contribution is -0.114. The van der Waals surface area contributed by atoms with Crippen LogP contribution in [0.3, 0.4) is 0 Å². The second kappa shape index (κ2) is 7.85. The van der Waals surface area contributed by atoms with Crippen molar-refractivity contribution in [3.8, 4) is 5.69 Å². The number of carbonyl (C=O) groups is 1. The van der Waals surface area contributed by atoms with Crippen LogP contribution in [0.4, 0.5) is 10.1 Å². The van der Waals surface area contributed by atoms with E-state index in [4.69, 9.17) is 11.6 Å². The third-order valence-corrected chi connectivity index (χ3v) is 5.24. The molecule has 1 aliphatic heterocycles. The summed E-state index contributed by atoms with van der Waals surface area (Å²) in [6, 6.07) is 11.8. The van der Waals surface area contributed by atoms with E-state index in [0.717, 1.165) is 23.4 Å². The van der Waals surface area contributed by atoms with Crippen molar-refractivity contribution in [3.05, 3.63) is 80.5 Å². The number of hydrogen-bond acceptors (Lipinski definition) is 3. The third kappa shape index (κ3) is 4.11. The number of benzene rings is 2. The molecule has 6 nitrogen and oxygen atoms in total. The molecule has 3 aromatic rings. The molecule has 150 valence electrons. The van der Waals surface area contributed by atoms with E-state index in [2.05, 4.69) is 15.3 Å². The molecule has 8 heteroatoms. The molecule has 2 N–H and O–H groups in total. The molecule has 0 bridgehead atoms. The van der Waals surface area contributed by atoms with Gasteiger partial charge in [0.2, 0.25) is 5.91 Å². The minimum Gasteiger partial charge on any atom is -0.326 e. The number of aromatic nitrogens is 2. The van der Waals surface area contributed by atoms with E-state index in [9.17, 15) is 14.0 Å². The summed E-state index contributed by atoms with van der Waals surface area (Å²) in [5.41, 5.74) is 3.71. The molecule has 0 unspecified atom stereocenters. The Morgan fingerprint density at radius 2 is 2.10 bits per heavy atom. The third-order valence-electron chi connectivity index (χ3n) is 4.95. The number of aromatic amines is 1. The van der Waals surface area contributed by atoms with Gasteiger partial charge in [0, 0.05) is 44.4 Å². The first kappa shape index (κ1) is 19.4. The van der Waals surface area contributed by atoms with E-state index < -0.39 is 5.82 Å². The SMILES string of the molecule is CC(=O)Nc1cccc(-n2[nH]c3c(c2=O)CN(Cc2ccc(F)c(Cl)c2)CC3)c1. The number of carbonyl (C=O) groups excluding carboxylic acids is 1. The van der Waals surface area contributed by atoms with Crippen molar-refractivity contribution < 1.29 is 9.18 Å². The minimum atomic E-state index is -0.439. The number of H-pyrrole nitrogens is 1. The summed E-state index contributed by atoms with van der Waals surface area (Å²) in [5.74, 6) is -0.608. The average molecular weight is 415 g/mol. The summed E-state index contributed by atoms with van der Waals surface area (Å²) in [5, 5.41) is 6.02. The summed E-state index contributed by atoms with van der Waals surface area (Å²) in [7, 11) is 0. The predicted octanol–water partition coefficient (Wildman–Crippen LogP) is 3.47. The highest BCUT2D eigenvalue weighted by Crippen LogP contribution is 2.21. The molecular weight excluding hydrogens is 395 g/mol. The zero-order valence-corrected chi connectivity index (χ0v) is 16.6. The topological polar surface area (TPSA) is 70.1 Å². The van der Waals surface area contributed by atoms with E-state index in [0.29, 0.717) is 30.9 Å². The van der Waals surface area contributed by atoms with E-state index in [1.807, 2.05) is 6.07 Å². The molecule has 0 fully saturated rings. The van der Waals surface area contributed by atoms with Crippen molar-refractivity contribution in [2.75, 3.05) is 11.9 Å². The maximum Gasteiger partial charge on any atom is 0.275 e. The van der Waals surface area contributed by atoms with E-state index in [1.165, 1.54) is 17.7 Å². The fourth-order valence-corrected chi connectivity index (χ4v) is 3.80. The molecule has 1 aliphatic rings. The van der Waals surface area contributed by atoms with Crippen LogP contribution < -0.4 is 10.9 Å². The Labute approximate surface area is 171 Å². The maximum absolute atomic E-state index is 13.4. The Hall–Kier alpha value is -2.90. The van der Waals surface area contributed by atoms with Gasteiger partial charge in [-0.05, 0) is 35.9 Å². The van der Waals surface area contributed by atoms with Crippen LogP contribution in [-0.2, 0) is 24.3 Å². The molecule has 0 saturated heterocycles. The number of hydrogen-bond donors (Lipinski definition) is 2. The Kier molecular flexibility index (Phi) is 5.25. The fraction of sp³-hybridized carbons (Fsp3) is 0.238. The molecule has 0 saturated carbocycles. The van der Waals surface area contributed by atoms with Gasteiger partial charge in [-0.2, -0.15) is 0 Å². The molecule has 29 heavy (non-hydrogen) atoms. The highest BCUT2D eigenvalue weighted by molar-refractivity contribution is 6.30. The van der Waals surface area contributed by atoms with Crippen molar-refractivity contribution in [1.29, 1.82) is 0 Å². The van der Waals surface area contributed by atoms with Gasteiger partial charge < -0.3 is 5.32 Å². The van der Waals surface area contributed by atoms with Crippen LogP contribution >= 0.6 is 11.6 Å². The number of amides is 1. The first-order valence-corrected chi connectivity index (χ1v) is 9.65. The quantitative estimate of drug-likeness (QED) is 0.686. The second-order valence-corrected chi connectivity index (χ2v) is 7.56. The Bertz CT molecular complexity index is 1140. The molecule has 0 atom stereocenters. The second-order valence-electron chi connectivity index (χ2n) is 7.15. The Morgan fingerprint density at radius 1 is 1.28 bits per heavy atom. The highest BCUT2D eigenvalue weighted by atomic mass is 35.5. The number of rotatable bonds is 4. The van der Waals surface area contributed by atoms with Gasteiger partial charge in [0.15, 0.2) is 0 Å². The lowest BCUT2D eigenvalue weighted by Gasteiger charge is -2.25. The van der Waals surface area contributed by atoms with Crippen LogP contribution in [0.5, 0.6) is 0 Å². The van der Waals surface area contributed by atoms with Gasteiger partial charge in [-0.3, -0.25) is 19.6 Å². The molecule has 4 rings (SSSR count). The van der Waals surface area contributed by atoms with Gasteiger partial charge in [-0.1, -0.05) is 23.7 Å². The maximum atomic E-state index is 13.4. The molecule has 2 heterocycles. The van der Waals surface area contributed by atoms with Crippen molar-refractivity contribution >= 4 is 23.2 Å². The minimum absolute atomic E-state index is 0.100. The monoisotopic (exact) mass is 414 g/mol. The highest BCUT2D eigenvalue weighted by Gasteiger charge is 2.23. The fourth-order valence-electron chi connectivity index (χ4n) is 3.60. The lowest BCUT2D eigenvalue weighted by Crippen LogP contribution is -2.32. The summed E-state index contributed by atoms with van der Waals surface area (Å²) in [6.07, 6.45) is 0.706. The van der Waals surface area contributed by atoms with Crippen LogP contribution in [0.15, 0.2) is 47.3 Å². The van der Waals surface area contributed by atoms with Gasteiger partial charge in [-0.25, -0.2) is 9.07 Å². The van der Waals surface area contributed by atoms with Gasteiger partial charge in [-0.15, -0.1) is 0 Å². The Morgan fingerprint density at radius 3 is 2.86 bits per heavy atom. The van der Waals surface area contributed by atoms with Crippen LogP contribution in [0.2, 0.25) is 5.02 Å². The number of halogens is 2. The van der Waals surface area contributed by atoms with Gasteiger partial charge in [0.05, 0.1) is 16.3 Å². The number of fused-ring (bicyclic) bond motifs is 1. The number of nitrogens with zero attached hydrogens (tertiary/aromatic N) is 2.